The molecule has 1 fully saturated rings. The van der Waals surface area contributed by atoms with Crippen LogP contribution in [0.15, 0.2) is 77.7 Å². The number of rotatable bonds is 6. The van der Waals surface area contributed by atoms with Crippen LogP contribution in [0.3, 0.4) is 0 Å². The molecule has 168 valence electrons. The first-order chi connectivity index (χ1) is 15.3. The Hall–Kier alpha value is -2.77. The Balaban J connectivity index is 1.58. The highest BCUT2D eigenvalue weighted by Crippen LogP contribution is 2.31. The molecule has 1 aliphatic rings. The summed E-state index contributed by atoms with van der Waals surface area (Å²) in [6, 6.07) is 18.7. The lowest BCUT2D eigenvalue weighted by Crippen LogP contribution is -2.47. The summed E-state index contributed by atoms with van der Waals surface area (Å²) >= 11 is 0. The average Bonchev–Trinajstić information content (AvgIpc) is 2.76. The molecule has 0 aromatic heterocycles. The van der Waals surface area contributed by atoms with Gasteiger partial charge in [0.05, 0.1) is 10.6 Å². The van der Waals surface area contributed by atoms with Crippen molar-refractivity contribution in [2.24, 2.45) is 0 Å². The fraction of sp³-hybridized carbons (Fsp3) is 0.280. The van der Waals surface area contributed by atoms with Gasteiger partial charge >= 0.3 is 0 Å². The summed E-state index contributed by atoms with van der Waals surface area (Å²) in [5.74, 6) is -0.671. The van der Waals surface area contributed by atoms with E-state index in [1.807, 2.05) is 19.1 Å². The van der Waals surface area contributed by atoms with Crippen LogP contribution in [0, 0.1) is 18.6 Å². The Bertz CT molecular complexity index is 1170. The molecule has 0 amide bonds. The third kappa shape index (κ3) is 5.00. The van der Waals surface area contributed by atoms with Crippen molar-refractivity contribution in [1.82, 2.24) is 4.90 Å². The van der Waals surface area contributed by atoms with E-state index in [9.17, 15) is 17.2 Å². The molecule has 0 N–H and O–H groups in total. The van der Waals surface area contributed by atoms with Crippen LogP contribution in [0.4, 0.5) is 14.5 Å². The molecule has 0 saturated carbocycles. The lowest BCUT2D eigenvalue weighted by atomic mass is 10.0. The van der Waals surface area contributed by atoms with Gasteiger partial charge in [0, 0.05) is 25.7 Å². The number of aryl methyl sites for hydroxylation is 1. The van der Waals surface area contributed by atoms with E-state index >= 15 is 0 Å². The molecular weight excluding hydrogens is 430 g/mol. The van der Waals surface area contributed by atoms with E-state index in [-0.39, 0.29) is 16.8 Å². The van der Waals surface area contributed by atoms with E-state index in [0.717, 1.165) is 11.1 Å². The highest BCUT2D eigenvalue weighted by Gasteiger charge is 2.34. The van der Waals surface area contributed by atoms with Gasteiger partial charge in [-0.3, -0.25) is 9.21 Å². The van der Waals surface area contributed by atoms with Gasteiger partial charge in [0.25, 0.3) is 10.0 Å². The van der Waals surface area contributed by atoms with Crippen molar-refractivity contribution in [2.75, 3.05) is 17.4 Å². The summed E-state index contributed by atoms with van der Waals surface area (Å²) in [7, 11) is -3.83. The van der Waals surface area contributed by atoms with Crippen molar-refractivity contribution in [1.29, 1.82) is 0 Å². The summed E-state index contributed by atoms with van der Waals surface area (Å²) in [4.78, 5) is 2.43. The van der Waals surface area contributed by atoms with Crippen LogP contribution < -0.4 is 4.31 Å². The third-order valence-corrected chi connectivity index (χ3v) is 7.69. The first-order valence-electron chi connectivity index (χ1n) is 10.7. The molecule has 0 radical (unpaired) electrons. The summed E-state index contributed by atoms with van der Waals surface area (Å²) in [5.41, 5.74) is 2.21. The molecule has 1 saturated heterocycles. The van der Waals surface area contributed by atoms with Crippen molar-refractivity contribution in [3.8, 4) is 0 Å². The van der Waals surface area contributed by atoms with Gasteiger partial charge in [0.1, 0.15) is 11.6 Å². The standard InChI is InChI=1S/C25H26F2N2O2S/c1-19-4-2-7-25(16-19)32(30,31)29(23-10-8-21(26)9-11-23)24-12-14-28(15-13-24)18-20-5-3-6-22(27)17-20/h2-11,16-17,24H,12-15,18H2,1H3. The fourth-order valence-corrected chi connectivity index (χ4v) is 6.04. The van der Waals surface area contributed by atoms with E-state index < -0.39 is 15.8 Å². The molecule has 3 aromatic rings. The van der Waals surface area contributed by atoms with Crippen LogP contribution in [-0.2, 0) is 16.6 Å². The van der Waals surface area contributed by atoms with Gasteiger partial charge in [-0.25, -0.2) is 17.2 Å². The monoisotopic (exact) mass is 456 g/mol. The topological polar surface area (TPSA) is 40.6 Å². The van der Waals surface area contributed by atoms with Crippen LogP contribution in [0.2, 0.25) is 0 Å². The van der Waals surface area contributed by atoms with Gasteiger partial charge in [-0.2, -0.15) is 0 Å². The second-order valence-corrected chi connectivity index (χ2v) is 10.0. The highest BCUT2D eigenvalue weighted by atomic mass is 32.2. The first-order valence-corrected chi connectivity index (χ1v) is 12.1. The quantitative estimate of drug-likeness (QED) is 0.516. The molecule has 0 aliphatic carbocycles. The number of hydrogen-bond donors (Lipinski definition) is 0. The van der Waals surface area contributed by atoms with Crippen molar-refractivity contribution < 1.29 is 17.2 Å². The molecule has 4 rings (SSSR count). The Morgan fingerprint density at radius 1 is 0.906 bits per heavy atom. The van der Waals surface area contributed by atoms with Gasteiger partial charge < -0.3 is 0 Å². The Labute approximate surface area is 188 Å². The zero-order valence-corrected chi connectivity index (χ0v) is 18.7. The number of anilines is 1. The normalized spacial score (nSPS) is 15.6. The number of piperidine rings is 1. The van der Waals surface area contributed by atoms with E-state index in [2.05, 4.69) is 4.90 Å². The highest BCUT2D eigenvalue weighted by molar-refractivity contribution is 7.92. The SMILES string of the molecule is Cc1cccc(S(=O)(=O)N(c2ccc(F)cc2)C2CCN(Cc3cccc(F)c3)CC2)c1. The predicted octanol–water partition coefficient (Wildman–Crippen LogP) is 5.13. The van der Waals surface area contributed by atoms with E-state index in [1.165, 1.54) is 40.7 Å². The van der Waals surface area contributed by atoms with Crippen molar-refractivity contribution >= 4 is 15.7 Å². The van der Waals surface area contributed by atoms with Crippen LogP contribution in [0.1, 0.15) is 24.0 Å². The molecule has 0 atom stereocenters. The number of nitrogens with zero attached hydrogens (tertiary/aromatic N) is 2. The Morgan fingerprint density at radius 2 is 1.59 bits per heavy atom. The molecule has 0 unspecified atom stereocenters. The van der Waals surface area contributed by atoms with Crippen LogP contribution in [-0.4, -0.2) is 32.4 Å². The molecule has 3 aromatic carbocycles. The molecule has 32 heavy (non-hydrogen) atoms. The third-order valence-electron chi connectivity index (χ3n) is 5.81. The minimum Gasteiger partial charge on any atom is -0.299 e. The van der Waals surface area contributed by atoms with Crippen LogP contribution in [0.25, 0.3) is 0 Å². The summed E-state index contributed by atoms with van der Waals surface area (Å²) < 4.78 is 55.8. The average molecular weight is 457 g/mol. The first kappa shape index (κ1) is 22.4. The maximum atomic E-state index is 13.7. The largest absolute Gasteiger partial charge is 0.299 e. The van der Waals surface area contributed by atoms with E-state index in [4.69, 9.17) is 0 Å². The van der Waals surface area contributed by atoms with Crippen molar-refractivity contribution in [2.45, 2.75) is 37.2 Å². The minimum absolute atomic E-state index is 0.226. The van der Waals surface area contributed by atoms with Gasteiger partial charge in [0.15, 0.2) is 0 Å². The summed E-state index contributed by atoms with van der Waals surface area (Å²) in [6.07, 6.45) is 1.25. The number of likely N-dealkylation sites (tertiary alicyclic amines) is 1. The lowest BCUT2D eigenvalue weighted by molar-refractivity contribution is 0.206. The van der Waals surface area contributed by atoms with Gasteiger partial charge in [0.2, 0.25) is 0 Å². The molecule has 0 bridgehead atoms. The Kier molecular flexibility index (Phi) is 6.58. The second kappa shape index (κ2) is 9.38. The van der Waals surface area contributed by atoms with E-state index in [1.54, 1.807) is 24.3 Å². The molecule has 4 nitrogen and oxygen atoms in total. The molecule has 0 spiro atoms. The summed E-state index contributed by atoms with van der Waals surface area (Å²) in [5, 5.41) is 0. The fourth-order valence-electron chi connectivity index (χ4n) is 4.23. The maximum absolute atomic E-state index is 13.7. The smallest absolute Gasteiger partial charge is 0.264 e. The lowest BCUT2D eigenvalue weighted by Gasteiger charge is -2.39. The molecular formula is C25H26F2N2O2S. The number of benzene rings is 3. The molecule has 1 aliphatic heterocycles. The second-order valence-electron chi connectivity index (χ2n) is 8.23. The summed E-state index contributed by atoms with van der Waals surface area (Å²) in [6.45, 7) is 3.84. The van der Waals surface area contributed by atoms with Gasteiger partial charge in [-0.1, -0.05) is 24.3 Å². The van der Waals surface area contributed by atoms with Crippen molar-refractivity contribution in [3.05, 3.63) is 95.6 Å². The zero-order chi connectivity index (χ0) is 22.7. The zero-order valence-electron chi connectivity index (χ0n) is 17.9. The maximum Gasteiger partial charge on any atom is 0.264 e. The molecule has 1 heterocycles. The molecule has 7 heteroatoms. The van der Waals surface area contributed by atoms with Crippen LogP contribution in [0.5, 0.6) is 0 Å². The predicted molar refractivity (Wildman–Crippen MR) is 122 cm³/mol. The van der Waals surface area contributed by atoms with Crippen molar-refractivity contribution in [3.63, 3.8) is 0 Å². The number of halogens is 2. The number of hydrogen-bond acceptors (Lipinski definition) is 3. The van der Waals surface area contributed by atoms with E-state index in [0.29, 0.717) is 38.2 Å². The van der Waals surface area contributed by atoms with Crippen LogP contribution >= 0.6 is 0 Å². The Morgan fingerprint density at radius 3 is 2.25 bits per heavy atom. The van der Waals surface area contributed by atoms with Gasteiger partial charge in [-0.05, 0) is 79.4 Å². The minimum atomic E-state index is -3.83. The number of sulfonamides is 1. The van der Waals surface area contributed by atoms with Gasteiger partial charge in [-0.15, -0.1) is 0 Å².